The van der Waals surface area contributed by atoms with Crippen molar-refractivity contribution in [1.82, 2.24) is 0 Å². The molecule has 0 unspecified atom stereocenters. The first kappa shape index (κ1) is 9.93. The van der Waals surface area contributed by atoms with Crippen molar-refractivity contribution in [2.75, 3.05) is 0 Å². The largest absolute Gasteiger partial charge is 0.0995 e. The highest BCUT2D eigenvalue weighted by atomic mass is 14.7. The van der Waals surface area contributed by atoms with Crippen LogP contribution < -0.4 is 0 Å². The molecular weight excluding hydrogens is 180 g/mol. The van der Waals surface area contributed by atoms with Crippen LogP contribution in [0.2, 0.25) is 0 Å². The Bertz CT molecular complexity index is 312. The number of rotatable bonds is 0. The number of hydrogen-bond acceptors (Lipinski definition) is 0. The van der Waals surface area contributed by atoms with Gasteiger partial charge in [-0.15, -0.1) is 0 Å². The molecule has 2 bridgehead atoms. The van der Waals surface area contributed by atoms with E-state index in [1.54, 1.807) is 5.57 Å². The SMILES string of the molecule is C=C1C[C@@]23CC[C@@H]1C(C)(C)[C@@H]2CC[C@@H]3C. The molecule has 0 nitrogen and oxygen atoms in total. The van der Waals surface area contributed by atoms with Gasteiger partial charge in [0.25, 0.3) is 0 Å². The van der Waals surface area contributed by atoms with Crippen molar-refractivity contribution in [3.05, 3.63) is 12.2 Å². The zero-order valence-electron chi connectivity index (χ0n) is 10.5. The van der Waals surface area contributed by atoms with Gasteiger partial charge in [0.05, 0.1) is 0 Å². The Morgan fingerprint density at radius 3 is 2.60 bits per heavy atom. The Balaban J connectivity index is 2.10. The standard InChI is InChI=1S/C15H24/c1-10-9-15-8-7-12(10)14(3,4)13(15)6-5-11(15)2/h11-13H,1,5-9H2,2-4H3/t11-,12-,13-,15+/m0/s1. The fourth-order valence-corrected chi connectivity index (χ4v) is 5.56. The molecular formula is C15H24. The van der Waals surface area contributed by atoms with Crippen LogP contribution in [-0.4, -0.2) is 0 Å². The lowest BCUT2D eigenvalue weighted by atomic mass is 9.44. The maximum atomic E-state index is 4.38. The maximum Gasteiger partial charge on any atom is -0.0151 e. The highest BCUT2D eigenvalue weighted by molar-refractivity contribution is 5.24. The van der Waals surface area contributed by atoms with Crippen molar-refractivity contribution in [1.29, 1.82) is 0 Å². The molecule has 4 fully saturated rings. The van der Waals surface area contributed by atoms with Gasteiger partial charge in [-0.05, 0) is 60.7 Å². The first-order valence-corrected chi connectivity index (χ1v) is 6.66. The summed E-state index contributed by atoms with van der Waals surface area (Å²) in [6.07, 6.45) is 7.22. The molecule has 0 saturated heterocycles. The third-order valence-electron chi connectivity index (χ3n) is 6.31. The van der Waals surface area contributed by atoms with Gasteiger partial charge in [-0.3, -0.25) is 0 Å². The molecule has 4 atom stereocenters. The van der Waals surface area contributed by atoms with E-state index in [9.17, 15) is 0 Å². The quantitative estimate of drug-likeness (QED) is 0.513. The normalized spacial score (nSPS) is 51.9. The van der Waals surface area contributed by atoms with E-state index in [1.807, 2.05) is 0 Å². The maximum absolute atomic E-state index is 4.38. The fourth-order valence-electron chi connectivity index (χ4n) is 5.56. The third kappa shape index (κ3) is 0.990. The molecule has 0 heteroatoms. The number of allylic oxidation sites excluding steroid dienone is 1. The second-order valence-corrected chi connectivity index (χ2v) is 7.01. The van der Waals surface area contributed by atoms with Gasteiger partial charge in [0, 0.05) is 0 Å². The number of fused-ring (bicyclic) bond motifs is 2. The van der Waals surface area contributed by atoms with Crippen LogP contribution in [-0.2, 0) is 0 Å². The minimum absolute atomic E-state index is 0.540. The predicted molar refractivity (Wildman–Crippen MR) is 64.6 cm³/mol. The van der Waals surface area contributed by atoms with E-state index < -0.39 is 0 Å². The van der Waals surface area contributed by atoms with Gasteiger partial charge in [0.1, 0.15) is 0 Å². The monoisotopic (exact) mass is 204 g/mol. The van der Waals surface area contributed by atoms with Crippen molar-refractivity contribution in [3.8, 4) is 0 Å². The summed E-state index contributed by atoms with van der Waals surface area (Å²) < 4.78 is 0. The van der Waals surface area contributed by atoms with Crippen LogP contribution in [0.25, 0.3) is 0 Å². The molecule has 0 aliphatic heterocycles. The fraction of sp³-hybridized carbons (Fsp3) is 0.867. The Morgan fingerprint density at radius 2 is 1.93 bits per heavy atom. The van der Waals surface area contributed by atoms with Gasteiger partial charge in [-0.25, -0.2) is 0 Å². The van der Waals surface area contributed by atoms with Crippen LogP contribution in [0.3, 0.4) is 0 Å². The third-order valence-corrected chi connectivity index (χ3v) is 6.31. The van der Waals surface area contributed by atoms with Crippen molar-refractivity contribution in [3.63, 3.8) is 0 Å². The molecule has 1 spiro atoms. The molecule has 4 rings (SSSR count). The summed E-state index contributed by atoms with van der Waals surface area (Å²) in [7, 11) is 0. The van der Waals surface area contributed by atoms with Crippen molar-refractivity contribution >= 4 is 0 Å². The first-order valence-electron chi connectivity index (χ1n) is 6.66. The molecule has 0 aromatic heterocycles. The van der Waals surface area contributed by atoms with Gasteiger partial charge in [-0.1, -0.05) is 32.9 Å². The summed E-state index contributed by atoms with van der Waals surface area (Å²) >= 11 is 0. The van der Waals surface area contributed by atoms with E-state index in [1.165, 1.54) is 32.1 Å². The molecule has 4 saturated carbocycles. The van der Waals surface area contributed by atoms with Crippen molar-refractivity contribution in [2.45, 2.75) is 52.9 Å². The zero-order chi connectivity index (χ0) is 10.8. The summed E-state index contributed by atoms with van der Waals surface area (Å²) in [4.78, 5) is 0. The molecule has 0 amide bonds. The Kier molecular flexibility index (Phi) is 1.79. The summed E-state index contributed by atoms with van der Waals surface area (Å²) in [5, 5.41) is 0. The topological polar surface area (TPSA) is 0 Å². The van der Waals surface area contributed by atoms with Crippen LogP contribution in [0.4, 0.5) is 0 Å². The minimum atomic E-state index is 0.540. The molecule has 4 aliphatic rings. The smallest absolute Gasteiger partial charge is 0.0151 e. The average Bonchev–Trinajstić information content (AvgIpc) is 2.45. The molecule has 0 heterocycles. The van der Waals surface area contributed by atoms with E-state index in [0.717, 1.165) is 17.8 Å². The Labute approximate surface area is 94.1 Å². The van der Waals surface area contributed by atoms with Crippen LogP contribution in [0.15, 0.2) is 12.2 Å². The van der Waals surface area contributed by atoms with Gasteiger partial charge in [0.15, 0.2) is 0 Å². The Morgan fingerprint density at radius 1 is 1.20 bits per heavy atom. The average molecular weight is 204 g/mol. The van der Waals surface area contributed by atoms with Crippen LogP contribution >= 0.6 is 0 Å². The van der Waals surface area contributed by atoms with Crippen LogP contribution in [0, 0.1) is 28.6 Å². The molecule has 0 radical (unpaired) electrons. The Hall–Kier alpha value is -0.260. The summed E-state index contributed by atoms with van der Waals surface area (Å²) in [5.74, 6) is 2.76. The van der Waals surface area contributed by atoms with E-state index in [0.29, 0.717) is 10.8 Å². The molecule has 0 aromatic rings. The van der Waals surface area contributed by atoms with Crippen LogP contribution in [0.5, 0.6) is 0 Å². The highest BCUT2D eigenvalue weighted by Crippen LogP contribution is 2.70. The molecule has 84 valence electrons. The number of hydrogen-bond donors (Lipinski definition) is 0. The second-order valence-electron chi connectivity index (χ2n) is 7.01. The minimum Gasteiger partial charge on any atom is -0.0995 e. The lowest BCUT2D eigenvalue weighted by molar-refractivity contribution is -0.0749. The van der Waals surface area contributed by atoms with Gasteiger partial charge >= 0.3 is 0 Å². The zero-order valence-corrected chi connectivity index (χ0v) is 10.5. The molecule has 0 N–H and O–H groups in total. The van der Waals surface area contributed by atoms with E-state index in [4.69, 9.17) is 0 Å². The summed E-state index contributed by atoms with van der Waals surface area (Å²) in [5.41, 5.74) is 2.78. The second kappa shape index (κ2) is 2.70. The molecule has 15 heavy (non-hydrogen) atoms. The van der Waals surface area contributed by atoms with Crippen molar-refractivity contribution in [2.24, 2.45) is 28.6 Å². The summed E-state index contributed by atoms with van der Waals surface area (Å²) in [6, 6.07) is 0. The van der Waals surface area contributed by atoms with Crippen molar-refractivity contribution < 1.29 is 0 Å². The predicted octanol–water partition coefficient (Wildman–Crippen LogP) is 4.42. The summed E-state index contributed by atoms with van der Waals surface area (Å²) in [6.45, 7) is 11.9. The first-order chi connectivity index (χ1) is 6.98. The van der Waals surface area contributed by atoms with Gasteiger partial charge in [0.2, 0.25) is 0 Å². The lowest BCUT2D eigenvalue weighted by Crippen LogP contribution is -2.53. The molecule has 0 aromatic carbocycles. The van der Waals surface area contributed by atoms with E-state index in [-0.39, 0.29) is 0 Å². The molecule has 4 aliphatic carbocycles. The van der Waals surface area contributed by atoms with E-state index >= 15 is 0 Å². The van der Waals surface area contributed by atoms with Crippen LogP contribution in [0.1, 0.15) is 52.9 Å². The van der Waals surface area contributed by atoms with Gasteiger partial charge < -0.3 is 0 Å². The van der Waals surface area contributed by atoms with E-state index in [2.05, 4.69) is 27.4 Å². The van der Waals surface area contributed by atoms with Gasteiger partial charge in [-0.2, -0.15) is 0 Å². The lowest BCUT2D eigenvalue weighted by Gasteiger charge is -2.61. The highest BCUT2D eigenvalue weighted by Gasteiger charge is 2.62.